The summed E-state index contributed by atoms with van der Waals surface area (Å²) in [4.78, 5) is 8.57. The van der Waals surface area contributed by atoms with E-state index >= 15 is 0 Å². The standard InChI is InChI=1S/C13H23N3/c1-5-11-7-12(16-9-15-11)8-13(10(3)4)14-6-2/h7,9-10,13-14H,5-6,8H2,1-4H3. The maximum Gasteiger partial charge on any atom is 0.115 e. The van der Waals surface area contributed by atoms with Crippen LogP contribution in [0.15, 0.2) is 12.4 Å². The Morgan fingerprint density at radius 2 is 1.88 bits per heavy atom. The predicted octanol–water partition coefficient (Wildman–Crippen LogP) is 2.22. The monoisotopic (exact) mass is 221 g/mol. The maximum atomic E-state index is 4.34. The largest absolute Gasteiger partial charge is 0.314 e. The van der Waals surface area contributed by atoms with Crippen molar-refractivity contribution in [3.63, 3.8) is 0 Å². The molecule has 0 bridgehead atoms. The van der Waals surface area contributed by atoms with Gasteiger partial charge in [-0.05, 0) is 24.9 Å². The van der Waals surface area contributed by atoms with Gasteiger partial charge in [-0.15, -0.1) is 0 Å². The third-order valence-corrected chi connectivity index (χ3v) is 2.84. The Kier molecular flexibility index (Phi) is 5.39. The Labute approximate surface area is 98.7 Å². The fraction of sp³-hybridized carbons (Fsp3) is 0.692. The molecule has 0 aliphatic rings. The van der Waals surface area contributed by atoms with Crippen LogP contribution >= 0.6 is 0 Å². The molecule has 1 N–H and O–H groups in total. The second-order valence-corrected chi connectivity index (χ2v) is 4.47. The van der Waals surface area contributed by atoms with Crippen molar-refractivity contribution < 1.29 is 0 Å². The molecule has 0 aromatic carbocycles. The molecule has 0 amide bonds. The summed E-state index contributed by atoms with van der Waals surface area (Å²) in [6.45, 7) is 9.77. The van der Waals surface area contributed by atoms with Gasteiger partial charge in [-0.2, -0.15) is 0 Å². The Morgan fingerprint density at radius 1 is 1.19 bits per heavy atom. The first-order valence-corrected chi connectivity index (χ1v) is 6.20. The van der Waals surface area contributed by atoms with Gasteiger partial charge < -0.3 is 5.32 Å². The van der Waals surface area contributed by atoms with Crippen molar-refractivity contribution in [2.24, 2.45) is 5.92 Å². The van der Waals surface area contributed by atoms with Gasteiger partial charge in [-0.25, -0.2) is 9.97 Å². The Bertz CT molecular complexity index is 310. The van der Waals surface area contributed by atoms with Crippen LogP contribution in [-0.2, 0) is 12.8 Å². The number of likely N-dealkylation sites (N-methyl/N-ethyl adjacent to an activating group) is 1. The van der Waals surface area contributed by atoms with E-state index in [0.29, 0.717) is 12.0 Å². The van der Waals surface area contributed by atoms with Crippen molar-refractivity contribution in [2.45, 2.75) is 46.6 Å². The van der Waals surface area contributed by atoms with Gasteiger partial charge in [0.15, 0.2) is 0 Å². The molecule has 0 radical (unpaired) electrons. The molecular weight excluding hydrogens is 198 g/mol. The van der Waals surface area contributed by atoms with Crippen molar-refractivity contribution >= 4 is 0 Å². The number of nitrogens with one attached hydrogen (secondary N) is 1. The number of aromatic nitrogens is 2. The molecule has 0 spiro atoms. The second kappa shape index (κ2) is 6.59. The topological polar surface area (TPSA) is 37.8 Å². The van der Waals surface area contributed by atoms with E-state index in [2.05, 4.69) is 49.0 Å². The van der Waals surface area contributed by atoms with Gasteiger partial charge in [-0.1, -0.05) is 27.7 Å². The lowest BCUT2D eigenvalue weighted by molar-refractivity contribution is 0.402. The van der Waals surface area contributed by atoms with Crippen LogP contribution in [0.4, 0.5) is 0 Å². The summed E-state index contributed by atoms with van der Waals surface area (Å²) in [6.07, 6.45) is 3.64. The van der Waals surface area contributed by atoms with Crippen LogP contribution < -0.4 is 5.32 Å². The minimum atomic E-state index is 0.504. The molecule has 0 aliphatic heterocycles. The van der Waals surface area contributed by atoms with E-state index in [1.54, 1.807) is 6.33 Å². The first kappa shape index (κ1) is 13.1. The summed E-state index contributed by atoms with van der Waals surface area (Å²) in [5.41, 5.74) is 2.27. The Balaban J connectivity index is 2.68. The fourth-order valence-electron chi connectivity index (χ4n) is 1.78. The van der Waals surface area contributed by atoms with Crippen LogP contribution in [0.2, 0.25) is 0 Å². The van der Waals surface area contributed by atoms with Crippen molar-refractivity contribution in [3.05, 3.63) is 23.8 Å². The average Bonchev–Trinajstić information content (AvgIpc) is 2.28. The zero-order valence-electron chi connectivity index (χ0n) is 10.8. The number of nitrogens with zero attached hydrogens (tertiary/aromatic N) is 2. The van der Waals surface area contributed by atoms with Crippen LogP contribution in [0.5, 0.6) is 0 Å². The molecule has 90 valence electrons. The van der Waals surface area contributed by atoms with Crippen molar-refractivity contribution in [1.82, 2.24) is 15.3 Å². The van der Waals surface area contributed by atoms with Crippen molar-refractivity contribution in [3.8, 4) is 0 Å². The smallest absolute Gasteiger partial charge is 0.115 e. The van der Waals surface area contributed by atoms with Crippen LogP contribution in [0, 0.1) is 5.92 Å². The second-order valence-electron chi connectivity index (χ2n) is 4.47. The Morgan fingerprint density at radius 3 is 2.44 bits per heavy atom. The van der Waals surface area contributed by atoms with Crippen LogP contribution in [0.3, 0.4) is 0 Å². The number of hydrogen-bond donors (Lipinski definition) is 1. The summed E-state index contributed by atoms with van der Waals surface area (Å²) in [7, 11) is 0. The lowest BCUT2D eigenvalue weighted by atomic mass is 9.99. The van der Waals surface area contributed by atoms with E-state index in [1.165, 1.54) is 0 Å². The average molecular weight is 221 g/mol. The minimum Gasteiger partial charge on any atom is -0.314 e. The number of rotatable bonds is 6. The maximum absolute atomic E-state index is 4.34. The fourth-order valence-corrected chi connectivity index (χ4v) is 1.78. The van der Waals surface area contributed by atoms with Gasteiger partial charge in [0, 0.05) is 23.9 Å². The van der Waals surface area contributed by atoms with Gasteiger partial charge in [0.1, 0.15) is 6.33 Å². The normalized spacial score (nSPS) is 13.1. The van der Waals surface area contributed by atoms with Gasteiger partial charge in [0.2, 0.25) is 0 Å². The molecule has 1 atom stereocenters. The molecule has 1 aromatic rings. The molecule has 1 aromatic heterocycles. The summed E-state index contributed by atoms with van der Waals surface area (Å²) < 4.78 is 0. The molecule has 3 nitrogen and oxygen atoms in total. The molecule has 1 heterocycles. The molecule has 1 unspecified atom stereocenters. The highest BCUT2D eigenvalue weighted by Gasteiger charge is 2.13. The van der Waals surface area contributed by atoms with E-state index in [0.717, 1.165) is 30.8 Å². The first-order valence-electron chi connectivity index (χ1n) is 6.20. The molecule has 0 saturated heterocycles. The molecular formula is C13H23N3. The van der Waals surface area contributed by atoms with Gasteiger partial charge >= 0.3 is 0 Å². The van der Waals surface area contributed by atoms with E-state index in [1.807, 2.05) is 0 Å². The highest BCUT2D eigenvalue weighted by atomic mass is 14.9. The summed E-state index contributed by atoms with van der Waals surface area (Å²) >= 11 is 0. The molecule has 0 fully saturated rings. The van der Waals surface area contributed by atoms with Gasteiger partial charge in [-0.3, -0.25) is 0 Å². The van der Waals surface area contributed by atoms with E-state index in [9.17, 15) is 0 Å². The van der Waals surface area contributed by atoms with E-state index in [-0.39, 0.29) is 0 Å². The lowest BCUT2D eigenvalue weighted by Crippen LogP contribution is -2.35. The molecule has 1 rings (SSSR count). The SMILES string of the molecule is CCNC(Cc1cc(CC)ncn1)C(C)C. The molecule has 16 heavy (non-hydrogen) atoms. The molecule has 3 heteroatoms. The Hall–Kier alpha value is -0.960. The summed E-state index contributed by atoms with van der Waals surface area (Å²) in [5, 5.41) is 3.51. The highest BCUT2D eigenvalue weighted by molar-refractivity contribution is 5.09. The molecule has 0 aliphatic carbocycles. The van der Waals surface area contributed by atoms with Crippen LogP contribution in [0.25, 0.3) is 0 Å². The highest BCUT2D eigenvalue weighted by Crippen LogP contribution is 2.09. The predicted molar refractivity (Wildman–Crippen MR) is 67.4 cm³/mol. The van der Waals surface area contributed by atoms with E-state index < -0.39 is 0 Å². The van der Waals surface area contributed by atoms with Crippen LogP contribution in [-0.4, -0.2) is 22.6 Å². The van der Waals surface area contributed by atoms with Gasteiger partial charge in [0.25, 0.3) is 0 Å². The lowest BCUT2D eigenvalue weighted by Gasteiger charge is -2.21. The van der Waals surface area contributed by atoms with Gasteiger partial charge in [0.05, 0.1) is 0 Å². The third kappa shape index (κ3) is 3.89. The number of aryl methyl sites for hydroxylation is 1. The quantitative estimate of drug-likeness (QED) is 0.800. The first-order chi connectivity index (χ1) is 7.67. The zero-order chi connectivity index (χ0) is 12.0. The molecule has 0 saturated carbocycles. The van der Waals surface area contributed by atoms with Crippen molar-refractivity contribution in [2.75, 3.05) is 6.54 Å². The van der Waals surface area contributed by atoms with E-state index in [4.69, 9.17) is 0 Å². The van der Waals surface area contributed by atoms with Crippen molar-refractivity contribution in [1.29, 1.82) is 0 Å². The summed E-state index contributed by atoms with van der Waals surface area (Å²) in [5.74, 6) is 0.625. The third-order valence-electron chi connectivity index (χ3n) is 2.84. The van der Waals surface area contributed by atoms with Crippen LogP contribution in [0.1, 0.15) is 39.1 Å². The zero-order valence-corrected chi connectivity index (χ0v) is 10.8. The summed E-state index contributed by atoms with van der Waals surface area (Å²) in [6, 6.07) is 2.62. The minimum absolute atomic E-state index is 0.504. The number of hydrogen-bond acceptors (Lipinski definition) is 3.